The molecule has 0 atom stereocenters. The number of benzene rings is 2. The summed E-state index contributed by atoms with van der Waals surface area (Å²) in [5.41, 5.74) is 4.01. The number of anilines is 1. The quantitative estimate of drug-likeness (QED) is 0.575. The highest BCUT2D eigenvalue weighted by Crippen LogP contribution is 2.21. The zero-order chi connectivity index (χ0) is 18.5. The summed E-state index contributed by atoms with van der Waals surface area (Å²) in [5.74, 6) is -0.440. The standard InChI is InChI=1S/C21H18N4O/c1-15-20(16(2)25(24-15)19-11-7-4-8-12-19)13-17(14-22)21(26)23-18-9-5-3-6-10-18/h3-13H,1-2H3,(H,23,26)/b17-13+. The largest absolute Gasteiger partial charge is 0.321 e. The van der Waals surface area contributed by atoms with Crippen LogP contribution < -0.4 is 5.32 Å². The molecule has 0 radical (unpaired) electrons. The molecule has 1 amide bonds. The third-order valence-electron chi connectivity index (χ3n) is 4.03. The number of nitrogens with zero attached hydrogens (tertiary/aromatic N) is 3. The van der Waals surface area contributed by atoms with Gasteiger partial charge >= 0.3 is 0 Å². The zero-order valence-electron chi connectivity index (χ0n) is 14.6. The molecule has 0 fully saturated rings. The van der Waals surface area contributed by atoms with Crippen LogP contribution in [-0.4, -0.2) is 15.7 Å². The third kappa shape index (κ3) is 3.55. The van der Waals surface area contributed by atoms with Crippen LogP contribution in [0.15, 0.2) is 66.2 Å². The Bertz CT molecular complexity index is 996. The summed E-state index contributed by atoms with van der Waals surface area (Å²) < 4.78 is 1.81. The Labute approximate surface area is 152 Å². The maximum Gasteiger partial charge on any atom is 0.266 e. The number of carbonyl (C=O) groups excluding carboxylic acids is 1. The number of para-hydroxylation sites is 2. The van der Waals surface area contributed by atoms with Gasteiger partial charge < -0.3 is 5.32 Å². The van der Waals surface area contributed by atoms with E-state index < -0.39 is 5.91 Å². The molecule has 3 aromatic rings. The number of aryl methyl sites for hydroxylation is 1. The Morgan fingerprint density at radius 1 is 1.08 bits per heavy atom. The Hall–Kier alpha value is -3.65. The summed E-state index contributed by atoms with van der Waals surface area (Å²) in [7, 11) is 0. The Morgan fingerprint density at radius 3 is 2.31 bits per heavy atom. The maximum atomic E-state index is 12.4. The van der Waals surface area contributed by atoms with Gasteiger partial charge in [-0.1, -0.05) is 36.4 Å². The minimum absolute atomic E-state index is 0.0349. The van der Waals surface area contributed by atoms with Gasteiger partial charge in [0.25, 0.3) is 5.91 Å². The predicted octanol–water partition coefficient (Wildman–Crippen LogP) is 4.03. The molecule has 0 spiro atoms. The van der Waals surface area contributed by atoms with Crippen LogP contribution in [0.5, 0.6) is 0 Å². The molecule has 5 heteroatoms. The van der Waals surface area contributed by atoms with Crippen molar-refractivity contribution in [3.63, 3.8) is 0 Å². The van der Waals surface area contributed by atoms with Crippen molar-refractivity contribution in [3.8, 4) is 11.8 Å². The van der Waals surface area contributed by atoms with Crippen molar-refractivity contribution in [2.45, 2.75) is 13.8 Å². The molecule has 1 aromatic heterocycles. The second kappa shape index (κ2) is 7.49. The number of rotatable bonds is 4. The molecule has 0 unspecified atom stereocenters. The van der Waals surface area contributed by atoms with Gasteiger partial charge in [-0.2, -0.15) is 10.4 Å². The topological polar surface area (TPSA) is 70.7 Å². The maximum absolute atomic E-state index is 12.4. The number of nitriles is 1. The molecule has 5 nitrogen and oxygen atoms in total. The van der Waals surface area contributed by atoms with E-state index in [1.165, 1.54) is 0 Å². The SMILES string of the molecule is Cc1nn(-c2ccccc2)c(C)c1/C=C(\C#N)C(=O)Nc1ccccc1. The molecule has 1 N–H and O–H groups in total. The zero-order valence-corrected chi connectivity index (χ0v) is 14.6. The first-order chi connectivity index (χ1) is 12.6. The molecule has 0 bridgehead atoms. The molecular weight excluding hydrogens is 324 g/mol. The van der Waals surface area contributed by atoms with E-state index in [0.717, 1.165) is 22.6 Å². The lowest BCUT2D eigenvalue weighted by atomic mass is 10.1. The number of carbonyl (C=O) groups is 1. The average Bonchev–Trinajstić information content (AvgIpc) is 2.95. The fourth-order valence-electron chi connectivity index (χ4n) is 2.70. The minimum atomic E-state index is -0.440. The number of hydrogen-bond acceptors (Lipinski definition) is 3. The van der Waals surface area contributed by atoms with E-state index in [-0.39, 0.29) is 5.57 Å². The van der Waals surface area contributed by atoms with Crippen molar-refractivity contribution in [2.24, 2.45) is 0 Å². The number of aromatic nitrogens is 2. The second-order valence-corrected chi connectivity index (χ2v) is 5.82. The first kappa shape index (κ1) is 17.2. The molecular formula is C21H18N4O. The molecule has 2 aromatic carbocycles. The van der Waals surface area contributed by atoms with Crippen molar-refractivity contribution < 1.29 is 4.79 Å². The predicted molar refractivity (Wildman–Crippen MR) is 102 cm³/mol. The van der Waals surface area contributed by atoms with Crippen molar-refractivity contribution in [3.05, 3.63) is 83.2 Å². The average molecular weight is 342 g/mol. The second-order valence-electron chi connectivity index (χ2n) is 5.82. The Balaban J connectivity index is 1.94. The van der Waals surface area contributed by atoms with Gasteiger partial charge in [0, 0.05) is 16.9 Å². The summed E-state index contributed by atoms with van der Waals surface area (Å²) in [5, 5.41) is 16.7. The fraction of sp³-hybridized carbons (Fsp3) is 0.0952. The molecule has 3 rings (SSSR count). The smallest absolute Gasteiger partial charge is 0.266 e. The van der Waals surface area contributed by atoms with E-state index in [0.29, 0.717) is 5.69 Å². The highest BCUT2D eigenvalue weighted by molar-refractivity contribution is 6.09. The van der Waals surface area contributed by atoms with E-state index in [4.69, 9.17) is 0 Å². The first-order valence-electron chi connectivity index (χ1n) is 8.20. The molecule has 1 heterocycles. The Kier molecular flexibility index (Phi) is 4.95. The molecule has 128 valence electrons. The van der Waals surface area contributed by atoms with Crippen LogP contribution >= 0.6 is 0 Å². The number of nitrogens with one attached hydrogen (secondary N) is 1. The van der Waals surface area contributed by atoms with Gasteiger partial charge in [0.05, 0.1) is 11.4 Å². The van der Waals surface area contributed by atoms with Gasteiger partial charge in [-0.05, 0) is 44.2 Å². The number of hydrogen-bond donors (Lipinski definition) is 1. The molecule has 0 aliphatic rings. The number of amides is 1. The summed E-state index contributed by atoms with van der Waals surface area (Å²) in [6.07, 6.45) is 1.59. The van der Waals surface area contributed by atoms with E-state index in [2.05, 4.69) is 10.4 Å². The molecule has 0 saturated heterocycles. The third-order valence-corrected chi connectivity index (χ3v) is 4.03. The lowest BCUT2D eigenvalue weighted by molar-refractivity contribution is -0.112. The van der Waals surface area contributed by atoms with Crippen LogP contribution in [0, 0.1) is 25.2 Å². The summed E-state index contributed by atoms with van der Waals surface area (Å²) in [4.78, 5) is 12.4. The summed E-state index contributed by atoms with van der Waals surface area (Å²) in [6.45, 7) is 3.78. The van der Waals surface area contributed by atoms with E-state index in [1.54, 1.807) is 18.2 Å². The van der Waals surface area contributed by atoms with Crippen LogP contribution in [0.4, 0.5) is 5.69 Å². The van der Waals surface area contributed by atoms with Crippen LogP contribution in [0.25, 0.3) is 11.8 Å². The normalized spacial score (nSPS) is 11.0. The lowest BCUT2D eigenvalue weighted by Crippen LogP contribution is -2.13. The van der Waals surface area contributed by atoms with Crippen LogP contribution in [-0.2, 0) is 4.79 Å². The highest BCUT2D eigenvalue weighted by Gasteiger charge is 2.15. The van der Waals surface area contributed by atoms with Gasteiger partial charge in [-0.3, -0.25) is 4.79 Å². The first-order valence-corrected chi connectivity index (χ1v) is 8.20. The van der Waals surface area contributed by atoms with E-state index in [9.17, 15) is 10.1 Å². The van der Waals surface area contributed by atoms with Gasteiger partial charge in [0.1, 0.15) is 11.6 Å². The summed E-state index contributed by atoms with van der Waals surface area (Å²) in [6, 6.07) is 20.8. The molecule has 0 saturated carbocycles. The minimum Gasteiger partial charge on any atom is -0.321 e. The molecule has 0 aliphatic heterocycles. The van der Waals surface area contributed by atoms with Gasteiger partial charge in [0.15, 0.2) is 0 Å². The van der Waals surface area contributed by atoms with Crippen molar-refractivity contribution in [1.82, 2.24) is 9.78 Å². The van der Waals surface area contributed by atoms with E-state index >= 15 is 0 Å². The fourth-order valence-corrected chi connectivity index (χ4v) is 2.70. The van der Waals surface area contributed by atoms with Crippen molar-refractivity contribution in [1.29, 1.82) is 5.26 Å². The van der Waals surface area contributed by atoms with Crippen molar-refractivity contribution >= 4 is 17.7 Å². The molecule has 26 heavy (non-hydrogen) atoms. The highest BCUT2D eigenvalue weighted by atomic mass is 16.1. The molecule has 0 aliphatic carbocycles. The lowest BCUT2D eigenvalue weighted by Gasteiger charge is -2.05. The Morgan fingerprint density at radius 2 is 1.69 bits per heavy atom. The van der Waals surface area contributed by atoms with Crippen LogP contribution in [0.2, 0.25) is 0 Å². The summed E-state index contributed by atoms with van der Waals surface area (Å²) >= 11 is 0. The van der Waals surface area contributed by atoms with Crippen molar-refractivity contribution in [2.75, 3.05) is 5.32 Å². The van der Waals surface area contributed by atoms with Crippen LogP contribution in [0.3, 0.4) is 0 Å². The van der Waals surface area contributed by atoms with Gasteiger partial charge in [-0.15, -0.1) is 0 Å². The van der Waals surface area contributed by atoms with E-state index in [1.807, 2.05) is 73.1 Å². The van der Waals surface area contributed by atoms with Crippen LogP contribution in [0.1, 0.15) is 17.0 Å². The monoisotopic (exact) mass is 342 g/mol. The van der Waals surface area contributed by atoms with Gasteiger partial charge in [0.2, 0.25) is 0 Å². The van der Waals surface area contributed by atoms with Gasteiger partial charge in [-0.25, -0.2) is 4.68 Å².